The van der Waals surface area contributed by atoms with E-state index in [1.165, 1.54) is 70.6 Å². The van der Waals surface area contributed by atoms with E-state index in [1.54, 1.807) is 0 Å². The molecule has 5 fully saturated rings. The average molecular weight is 475 g/mol. The summed E-state index contributed by atoms with van der Waals surface area (Å²) in [5.74, 6) is 5.46. The van der Waals surface area contributed by atoms with E-state index in [-0.39, 0.29) is 5.60 Å². The maximum Gasteiger partial charge on any atom is 0.184 e. The van der Waals surface area contributed by atoms with Crippen molar-refractivity contribution < 1.29 is 9.16 Å². The van der Waals surface area contributed by atoms with Gasteiger partial charge in [0, 0.05) is 17.9 Å². The first-order valence-corrected chi connectivity index (χ1v) is 18.2. The van der Waals surface area contributed by atoms with E-state index in [2.05, 4.69) is 54.3 Å². The van der Waals surface area contributed by atoms with Crippen LogP contribution in [-0.2, 0) is 9.16 Å². The Morgan fingerprint density at radius 1 is 0.939 bits per heavy atom. The third-order valence-electron chi connectivity index (χ3n) is 11.8. The number of epoxide rings is 1. The summed E-state index contributed by atoms with van der Waals surface area (Å²) in [6.45, 7) is 19.8. The largest absolute Gasteiger partial charge is 0.415 e. The predicted molar refractivity (Wildman–Crippen MR) is 141 cm³/mol. The first-order chi connectivity index (χ1) is 15.4. The van der Waals surface area contributed by atoms with E-state index in [9.17, 15) is 0 Å². The van der Waals surface area contributed by atoms with Gasteiger partial charge in [0.15, 0.2) is 8.32 Å². The molecule has 10 atom stereocenters. The van der Waals surface area contributed by atoms with E-state index >= 15 is 0 Å². The van der Waals surface area contributed by atoms with Crippen LogP contribution in [0.3, 0.4) is 0 Å². The van der Waals surface area contributed by atoms with E-state index < -0.39 is 8.32 Å². The Kier molecular flexibility index (Phi) is 6.27. The molecule has 5 rings (SSSR count). The molecule has 1 heterocycles. The van der Waals surface area contributed by atoms with Crippen molar-refractivity contribution in [3.8, 4) is 0 Å². The summed E-state index contributed by atoms with van der Waals surface area (Å²) in [5, 5.41) is 0. The van der Waals surface area contributed by atoms with Crippen molar-refractivity contribution in [3.05, 3.63) is 0 Å². The minimum atomic E-state index is -1.49. The minimum absolute atomic E-state index is 0.159. The Bertz CT molecular complexity index is 729. The lowest BCUT2D eigenvalue weighted by molar-refractivity contribution is -0.114. The fourth-order valence-corrected chi connectivity index (χ4v) is 11.5. The maximum absolute atomic E-state index is 6.78. The molecule has 190 valence electrons. The lowest BCUT2D eigenvalue weighted by atomic mass is 9.44. The van der Waals surface area contributed by atoms with E-state index in [0.29, 0.717) is 23.0 Å². The van der Waals surface area contributed by atoms with Gasteiger partial charge in [-0.25, -0.2) is 0 Å². The van der Waals surface area contributed by atoms with Crippen molar-refractivity contribution >= 4 is 8.32 Å². The molecular formula is C30H54O2Si. The molecule has 33 heavy (non-hydrogen) atoms. The summed E-state index contributed by atoms with van der Waals surface area (Å²) in [6.07, 6.45) is 16.3. The summed E-state index contributed by atoms with van der Waals surface area (Å²) < 4.78 is 13.4. The second-order valence-electron chi connectivity index (χ2n) is 15.2. The maximum atomic E-state index is 6.78. The van der Waals surface area contributed by atoms with Crippen molar-refractivity contribution in [2.75, 3.05) is 0 Å². The van der Waals surface area contributed by atoms with Crippen LogP contribution >= 0.6 is 0 Å². The van der Waals surface area contributed by atoms with Crippen LogP contribution in [-0.4, -0.2) is 26.1 Å². The van der Waals surface area contributed by atoms with E-state index in [0.717, 1.165) is 35.5 Å². The van der Waals surface area contributed by atoms with Crippen LogP contribution < -0.4 is 0 Å². The number of hydrogen-bond acceptors (Lipinski definition) is 2. The molecule has 4 saturated carbocycles. The van der Waals surface area contributed by atoms with Crippen LogP contribution in [0.5, 0.6) is 0 Å². The van der Waals surface area contributed by atoms with Gasteiger partial charge in [0.2, 0.25) is 0 Å². The van der Waals surface area contributed by atoms with Crippen LogP contribution in [0.1, 0.15) is 105 Å². The number of hydrogen-bond donors (Lipinski definition) is 0. The third kappa shape index (κ3) is 4.03. The Labute approximate surface area is 206 Å². The van der Waals surface area contributed by atoms with Gasteiger partial charge in [-0.05, 0) is 106 Å². The summed E-state index contributed by atoms with van der Waals surface area (Å²) in [7, 11) is -1.49. The molecule has 0 bridgehead atoms. The van der Waals surface area contributed by atoms with Gasteiger partial charge in [-0.3, -0.25) is 0 Å². The van der Waals surface area contributed by atoms with Gasteiger partial charge >= 0.3 is 0 Å². The second kappa shape index (κ2) is 8.34. The second-order valence-corrected chi connectivity index (χ2v) is 19.6. The van der Waals surface area contributed by atoms with Gasteiger partial charge in [-0.1, -0.05) is 53.9 Å². The fraction of sp³-hybridized carbons (Fsp3) is 1.00. The molecule has 1 aliphatic heterocycles. The van der Waals surface area contributed by atoms with Gasteiger partial charge in [-0.2, -0.15) is 0 Å². The summed E-state index contributed by atoms with van der Waals surface area (Å²) in [5.41, 5.74) is 1.14. The van der Waals surface area contributed by atoms with Gasteiger partial charge < -0.3 is 9.16 Å². The van der Waals surface area contributed by atoms with Gasteiger partial charge in [-0.15, -0.1) is 0 Å². The summed E-state index contributed by atoms with van der Waals surface area (Å²) in [4.78, 5) is 0. The average Bonchev–Trinajstić information content (AvgIpc) is 3.27. The van der Waals surface area contributed by atoms with Gasteiger partial charge in [0.25, 0.3) is 0 Å². The Balaban J connectivity index is 1.30. The van der Waals surface area contributed by atoms with Crippen molar-refractivity contribution in [1.29, 1.82) is 0 Å². The SMILES string of the molecule is CC(C)CCCC(C)C1CCC2C3CC4O[C@@]45C[C@@H](O[Si](C)(C)C)CCC5(C)C3CCC12C. The zero-order chi connectivity index (χ0) is 23.8. The molecule has 3 heteroatoms. The lowest BCUT2D eigenvalue weighted by Gasteiger charge is -2.60. The lowest BCUT2D eigenvalue weighted by Crippen LogP contribution is -2.59. The Morgan fingerprint density at radius 3 is 2.39 bits per heavy atom. The molecule has 0 N–H and O–H groups in total. The minimum Gasteiger partial charge on any atom is -0.415 e. The number of rotatable bonds is 7. The molecule has 0 amide bonds. The quantitative estimate of drug-likeness (QED) is 0.273. The Hall–Kier alpha value is 0.137. The molecule has 1 spiro atoms. The molecule has 0 aromatic carbocycles. The topological polar surface area (TPSA) is 21.8 Å². The van der Waals surface area contributed by atoms with Crippen LogP contribution in [0.15, 0.2) is 0 Å². The summed E-state index contributed by atoms with van der Waals surface area (Å²) in [6, 6.07) is 0. The van der Waals surface area contributed by atoms with Crippen LogP contribution in [0, 0.1) is 46.3 Å². The normalized spacial score (nSPS) is 49.7. The predicted octanol–water partition coefficient (Wildman–Crippen LogP) is 8.46. The molecule has 5 aliphatic rings. The molecule has 2 nitrogen and oxygen atoms in total. The Morgan fingerprint density at radius 2 is 1.70 bits per heavy atom. The standard InChI is InChI=1S/C30H54O2Si/c1-20(2)10-9-11-21(3)24-12-13-25-23-18-27-30(31-27)19-22(32-33(6,7)8)14-17-29(30,5)26(23)15-16-28(24,25)4/h20-27H,9-19H2,1-8H3/t21?,22-,23?,24?,25?,26?,27?,28?,29?,30-/m0/s1. The highest BCUT2D eigenvalue weighted by Crippen LogP contribution is 2.74. The van der Waals surface area contributed by atoms with Crippen LogP contribution in [0.25, 0.3) is 0 Å². The number of ether oxygens (including phenoxy) is 1. The molecule has 0 aromatic heterocycles. The van der Waals surface area contributed by atoms with Crippen molar-refractivity contribution in [2.45, 2.75) is 143 Å². The molecule has 0 aromatic rings. The van der Waals surface area contributed by atoms with Crippen LogP contribution in [0.4, 0.5) is 0 Å². The highest BCUT2D eigenvalue weighted by molar-refractivity contribution is 6.69. The smallest absolute Gasteiger partial charge is 0.184 e. The third-order valence-corrected chi connectivity index (χ3v) is 12.8. The van der Waals surface area contributed by atoms with Crippen LogP contribution in [0.2, 0.25) is 19.6 Å². The van der Waals surface area contributed by atoms with Crippen molar-refractivity contribution in [1.82, 2.24) is 0 Å². The highest BCUT2D eigenvalue weighted by atomic mass is 28.4. The zero-order valence-corrected chi connectivity index (χ0v) is 24.2. The highest BCUT2D eigenvalue weighted by Gasteiger charge is 2.76. The molecular weight excluding hydrogens is 420 g/mol. The summed E-state index contributed by atoms with van der Waals surface area (Å²) >= 11 is 0. The van der Waals surface area contributed by atoms with Crippen molar-refractivity contribution in [3.63, 3.8) is 0 Å². The van der Waals surface area contributed by atoms with Gasteiger partial charge in [0.1, 0.15) is 5.60 Å². The fourth-order valence-electron chi connectivity index (χ4n) is 10.3. The number of fused-ring (bicyclic) bond motifs is 4. The van der Waals surface area contributed by atoms with E-state index in [4.69, 9.17) is 9.16 Å². The molecule has 4 aliphatic carbocycles. The molecule has 8 unspecified atom stereocenters. The first kappa shape index (κ1) is 24.8. The van der Waals surface area contributed by atoms with Gasteiger partial charge in [0.05, 0.1) is 6.10 Å². The van der Waals surface area contributed by atoms with E-state index in [1.807, 2.05) is 0 Å². The zero-order valence-electron chi connectivity index (χ0n) is 23.2. The molecule has 0 radical (unpaired) electrons. The van der Waals surface area contributed by atoms with Crippen molar-refractivity contribution in [2.24, 2.45) is 46.3 Å². The molecule has 1 saturated heterocycles. The monoisotopic (exact) mass is 474 g/mol. The first-order valence-electron chi connectivity index (χ1n) is 14.8.